The Morgan fingerprint density at radius 3 is 2.50 bits per heavy atom. The van der Waals surface area contributed by atoms with E-state index in [4.69, 9.17) is 9.72 Å². The maximum absolute atomic E-state index is 13.0. The van der Waals surface area contributed by atoms with Gasteiger partial charge in [-0.2, -0.15) is 13.2 Å². The molecule has 34 heavy (non-hydrogen) atoms. The van der Waals surface area contributed by atoms with Crippen LogP contribution in [-0.2, 0) is 10.9 Å². The third kappa shape index (κ3) is 5.53. The van der Waals surface area contributed by atoms with Gasteiger partial charge >= 0.3 is 12.3 Å². The number of halogens is 3. The van der Waals surface area contributed by atoms with E-state index in [9.17, 15) is 18.0 Å². The summed E-state index contributed by atoms with van der Waals surface area (Å²) in [5.74, 6) is 0.385. The fourth-order valence-electron chi connectivity index (χ4n) is 3.57. The van der Waals surface area contributed by atoms with Gasteiger partial charge in [0.25, 0.3) is 0 Å². The highest BCUT2D eigenvalue weighted by Gasteiger charge is 2.33. The molecular formula is C23H24F3N5O2S. The van der Waals surface area contributed by atoms with Crippen molar-refractivity contribution in [2.45, 2.75) is 38.6 Å². The van der Waals surface area contributed by atoms with Crippen LogP contribution in [0.2, 0.25) is 0 Å². The summed E-state index contributed by atoms with van der Waals surface area (Å²) in [4.78, 5) is 23.8. The zero-order valence-electron chi connectivity index (χ0n) is 18.9. The second-order valence-corrected chi connectivity index (χ2v) is 9.54. The maximum Gasteiger partial charge on any atom is 0.416 e. The van der Waals surface area contributed by atoms with Crippen LogP contribution >= 0.6 is 11.5 Å². The van der Waals surface area contributed by atoms with Crippen LogP contribution in [0.4, 0.5) is 18.0 Å². The fraction of sp³-hybridized carbons (Fsp3) is 0.391. The number of nitrogens with one attached hydrogen (secondary N) is 1. The molecule has 11 heteroatoms. The predicted octanol–water partition coefficient (Wildman–Crippen LogP) is 5.17. The number of piperazine rings is 1. The largest absolute Gasteiger partial charge is 0.444 e. The van der Waals surface area contributed by atoms with Gasteiger partial charge in [0.2, 0.25) is 0 Å². The van der Waals surface area contributed by atoms with Gasteiger partial charge in [0.05, 0.1) is 29.2 Å². The zero-order chi connectivity index (χ0) is 24.5. The summed E-state index contributed by atoms with van der Waals surface area (Å²) in [5.41, 5.74) is 0.817. The minimum absolute atomic E-state index is 0.385. The van der Waals surface area contributed by atoms with Crippen LogP contribution in [0, 0.1) is 0 Å². The smallest absolute Gasteiger partial charge is 0.416 e. The fourth-order valence-corrected chi connectivity index (χ4v) is 4.08. The molecule has 2 aromatic heterocycles. The van der Waals surface area contributed by atoms with E-state index < -0.39 is 29.5 Å². The number of carbonyl (C=O) groups excluding carboxylic acids is 1. The van der Waals surface area contributed by atoms with E-state index in [1.165, 1.54) is 23.7 Å². The molecule has 180 valence electrons. The van der Waals surface area contributed by atoms with Gasteiger partial charge in [-0.3, -0.25) is 4.90 Å². The standard InChI is InChI=1S/C23H24F3N5O2S/c1-22(2,3)33-21(32)31-9-8-27-12-19(31)18-10-17(29-20(30-18)15-11-28-34-13-15)14-4-6-16(7-5-14)23(24,25)26/h4-7,10-11,13,19,27H,8-9,12H2,1-3H3. The Morgan fingerprint density at radius 1 is 1.15 bits per heavy atom. The third-order valence-electron chi connectivity index (χ3n) is 5.16. The highest BCUT2D eigenvalue weighted by Crippen LogP contribution is 2.33. The summed E-state index contributed by atoms with van der Waals surface area (Å²) in [7, 11) is 0. The molecule has 1 unspecified atom stereocenters. The van der Waals surface area contributed by atoms with Gasteiger partial charge in [-0.15, -0.1) is 0 Å². The number of alkyl halides is 3. The molecule has 1 aromatic carbocycles. The highest BCUT2D eigenvalue weighted by molar-refractivity contribution is 7.03. The van der Waals surface area contributed by atoms with E-state index in [1.54, 1.807) is 43.3 Å². The normalized spacial score (nSPS) is 17.0. The Hall–Kier alpha value is -3.05. The second-order valence-electron chi connectivity index (χ2n) is 8.88. The molecule has 1 saturated heterocycles. The summed E-state index contributed by atoms with van der Waals surface area (Å²) >= 11 is 1.24. The Morgan fingerprint density at radius 2 is 1.88 bits per heavy atom. The first kappa shape index (κ1) is 24.1. The number of aromatic nitrogens is 3. The summed E-state index contributed by atoms with van der Waals surface area (Å²) in [6.07, 6.45) is -3.25. The average Bonchev–Trinajstić information content (AvgIpc) is 3.32. The number of carbonyl (C=O) groups is 1. The molecule has 0 aliphatic carbocycles. The molecule has 4 rings (SSSR count). The molecule has 0 spiro atoms. The molecule has 1 aliphatic heterocycles. The van der Waals surface area contributed by atoms with Gasteiger partial charge in [-0.25, -0.2) is 19.1 Å². The molecule has 0 radical (unpaired) electrons. The lowest BCUT2D eigenvalue weighted by Crippen LogP contribution is -2.50. The number of nitrogens with zero attached hydrogens (tertiary/aromatic N) is 4. The van der Waals surface area contributed by atoms with Gasteiger partial charge in [-0.05, 0) is 50.5 Å². The minimum Gasteiger partial charge on any atom is -0.444 e. The van der Waals surface area contributed by atoms with E-state index in [0.29, 0.717) is 48.0 Å². The average molecular weight is 492 g/mol. The first-order valence-electron chi connectivity index (χ1n) is 10.7. The molecule has 7 nitrogen and oxygen atoms in total. The number of benzene rings is 1. The summed E-state index contributed by atoms with van der Waals surface area (Å²) in [6.45, 7) is 6.89. The van der Waals surface area contributed by atoms with Crippen LogP contribution in [0.1, 0.15) is 38.1 Å². The minimum atomic E-state index is -4.43. The van der Waals surface area contributed by atoms with Gasteiger partial charge in [0, 0.05) is 36.1 Å². The maximum atomic E-state index is 13.0. The molecule has 0 bridgehead atoms. The quantitative estimate of drug-likeness (QED) is 0.545. The molecule has 1 atom stereocenters. The van der Waals surface area contributed by atoms with Crippen molar-refractivity contribution in [3.63, 3.8) is 0 Å². The monoisotopic (exact) mass is 491 g/mol. The first-order valence-corrected chi connectivity index (χ1v) is 11.5. The van der Waals surface area contributed by atoms with Crippen molar-refractivity contribution in [1.29, 1.82) is 0 Å². The van der Waals surface area contributed by atoms with E-state index in [2.05, 4.69) is 14.7 Å². The van der Waals surface area contributed by atoms with Crippen LogP contribution in [0.5, 0.6) is 0 Å². The van der Waals surface area contributed by atoms with E-state index in [0.717, 1.165) is 12.1 Å². The topological polar surface area (TPSA) is 80.2 Å². The summed E-state index contributed by atoms with van der Waals surface area (Å²) < 4.78 is 48.8. The molecule has 1 fully saturated rings. The highest BCUT2D eigenvalue weighted by atomic mass is 32.1. The Balaban J connectivity index is 1.76. The predicted molar refractivity (Wildman–Crippen MR) is 122 cm³/mol. The number of hydrogen-bond acceptors (Lipinski definition) is 7. The van der Waals surface area contributed by atoms with E-state index in [-0.39, 0.29) is 0 Å². The van der Waals surface area contributed by atoms with E-state index in [1.807, 2.05) is 0 Å². The number of rotatable bonds is 3. The van der Waals surface area contributed by atoms with Crippen molar-refractivity contribution in [2.75, 3.05) is 19.6 Å². The van der Waals surface area contributed by atoms with Crippen LogP contribution in [0.3, 0.4) is 0 Å². The van der Waals surface area contributed by atoms with Crippen LogP contribution in [0.25, 0.3) is 22.6 Å². The van der Waals surface area contributed by atoms with Crippen molar-refractivity contribution in [3.05, 3.63) is 53.2 Å². The summed E-state index contributed by atoms with van der Waals surface area (Å²) in [6, 6.07) is 6.09. The van der Waals surface area contributed by atoms with Gasteiger partial charge in [-0.1, -0.05) is 12.1 Å². The molecule has 1 aliphatic rings. The van der Waals surface area contributed by atoms with Crippen molar-refractivity contribution >= 4 is 17.6 Å². The molecular weight excluding hydrogens is 467 g/mol. The van der Waals surface area contributed by atoms with Crippen molar-refractivity contribution in [2.24, 2.45) is 0 Å². The lowest BCUT2D eigenvalue weighted by atomic mass is 10.0. The van der Waals surface area contributed by atoms with Gasteiger partial charge < -0.3 is 10.1 Å². The lowest BCUT2D eigenvalue weighted by Gasteiger charge is -2.37. The van der Waals surface area contributed by atoms with Crippen molar-refractivity contribution in [1.82, 2.24) is 24.6 Å². The van der Waals surface area contributed by atoms with Crippen LogP contribution in [-0.4, -0.2) is 50.6 Å². The van der Waals surface area contributed by atoms with E-state index >= 15 is 0 Å². The molecule has 1 N–H and O–H groups in total. The zero-order valence-corrected chi connectivity index (χ0v) is 19.7. The summed E-state index contributed by atoms with van der Waals surface area (Å²) in [5, 5.41) is 5.07. The number of amides is 1. The molecule has 1 amide bonds. The third-order valence-corrected chi connectivity index (χ3v) is 5.74. The molecule has 3 aromatic rings. The lowest BCUT2D eigenvalue weighted by molar-refractivity contribution is -0.137. The Kier molecular flexibility index (Phi) is 6.59. The number of hydrogen-bond donors (Lipinski definition) is 1. The van der Waals surface area contributed by atoms with Gasteiger partial charge in [0.15, 0.2) is 5.82 Å². The first-order chi connectivity index (χ1) is 16.0. The Labute approximate surface area is 199 Å². The van der Waals surface area contributed by atoms with Crippen LogP contribution < -0.4 is 5.32 Å². The SMILES string of the molecule is CC(C)(C)OC(=O)N1CCNCC1c1cc(-c2ccc(C(F)(F)F)cc2)nc(-c2cnsc2)n1. The Bertz CT molecular complexity index is 1140. The van der Waals surface area contributed by atoms with Crippen LogP contribution in [0.15, 0.2) is 41.9 Å². The second kappa shape index (κ2) is 9.30. The molecule has 3 heterocycles. The number of ether oxygens (including phenoxy) is 1. The van der Waals surface area contributed by atoms with Crippen molar-refractivity contribution < 1.29 is 22.7 Å². The van der Waals surface area contributed by atoms with Crippen molar-refractivity contribution in [3.8, 4) is 22.6 Å². The molecule has 0 saturated carbocycles. The van der Waals surface area contributed by atoms with Gasteiger partial charge in [0.1, 0.15) is 5.60 Å².